The molecule has 2 bridgehead atoms. The summed E-state index contributed by atoms with van der Waals surface area (Å²) < 4.78 is 2.15. The molecule has 2 heterocycles. The highest BCUT2D eigenvalue weighted by atomic mass is 15.1. The zero-order valence-electron chi connectivity index (χ0n) is 25.1. The first-order chi connectivity index (χ1) is 22.2. The average Bonchev–Trinajstić information content (AvgIpc) is 3.18. The van der Waals surface area contributed by atoms with Gasteiger partial charge in [0.15, 0.2) is 5.65 Å². The normalized spacial score (nSPS) is 16.1. The van der Waals surface area contributed by atoms with E-state index in [0.717, 1.165) is 33.8 Å². The third-order valence-electron chi connectivity index (χ3n) is 8.72. The molecule has 6 aromatic rings. The number of imidazole rings is 1. The highest BCUT2D eigenvalue weighted by Crippen LogP contribution is 2.45. The number of rotatable bonds is 5. The van der Waals surface area contributed by atoms with Crippen molar-refractivity contribution in [2.24, 2.45) is 5.92 Å². The van der Waals surface area contributed by atoms with Gasteiger partial charge in [0, 0.05) is 28.9 Å². The van der Waals surface area contributed by atoms with Crippen LogP contribution in [0.4, 0.5) is 0 Å². The number of allylic oxidation sites excluding steroid dienone is 13. The van der Waals surface area contributed by atoms with Crippen LogP contribution in [0.5, 0.6) is 0 Å². The molecule has 0 amide bonds. The van der Waals surface area contributed by atoms with Gasteiger partial charge in [-0.1, -0.05) is 140 Å². The third kappa shape index (κ3) is 4.52. The number of hydrogen-bond acceptors (Lipinski definition) is 2. The molecule has 3 nitrogen and oxygen atoms in total. The zero-order chi connectivity index (χ0) is 30.3. The molecule has 0 spiro atoms. The van der Waals surface area contributed by atoms with E-state index in [0.29, 0.717) is 0 Å². The Labute approximate surface area is 262 Å². The summed E-state index contributed by atoms with van der Waals surface area (Å²) in [6.45, 7) is 6.03. The van der Waals surface area contributed by atoms with Gasteiger partial charge in [-0.3, -0.25) is 4.57 Å². The number of benzene rings is 4. The minimum atomic E-state index is 0.226. The van der Waals surface area contributed by atoms with Crippen LogP contribution in [0.15, 0.2) is 164 Å². The minimum Gasteiger partial charge on any atom is -0.281 e. The molecule has 1 unspecified atom stereocenters. The Hall–Kier alpha value is -5.80. The van der Waals surface area contributed by atoms with Crippen LogP contribution < -0.4 is 0 Å². The van der Waals surface area contributed by atoms with Crippen molar-refractivity contribution in [3.8, 4) is 22.5 Å². The first-order valence-electron chi connectivity index (χ1n) is 15.3. The van der Waals surface area contributed by atoms with Crippen LogP contribution in [0, 0.1) is 5.92 Å². The van der Waals surface area contributed by atoms with E-state index >= 15 is 0 Å². The third-order valence-corrected chi connectivity index (χ3v) is 8.72. The number of pyridine rings is 1. The highest BCUT2D eigenvalue weighted by Gasteiger charge is 2.23. The highest BCUT2D eigenvalue weighted by molar-refractivity contribution is 6.21. The lowest BCUT2D eigenvalue weighted by Gasteiger charge is -2.18. The largest absolute Gasteiger partial charge is 0.281 e. The predicted octanol–water partition coefficient (Wildman–Crippen LogP) is 10.7. The second-order valence-electron chi connectivity index (χ2n) is 11.5. The standard InChI is InChI=1S/C42H31N3/c1-3-13-28(2)45-41(31-16-5-4-6-17-31)44-40-37(24-25-43-42(40)45)39-35-20-11-9-18-33(35)38(34-19-10-12-21-36(34)39)32-23-22-29-14-7-8-15-30(26-29)27-32/h3-27,30H,1H2,2H3/b28-13+. The summed E-state index contributed by atoms with van der Waals surface area (Å²) in [5, 5.41) is 4.82. The maximum Gasteiger partial charge on any atom is 0.165 e. The molecule has 1 atom stereocenters. The van der Waals surface area contributed by atoms with Gasteiger partial charge < -0.3 is 0 Å². The summed E-state index contributed by atoms with van der Waals surface area (Å²) in [4.78, 5) is 10.2. The summed E-state index contributed by atoms with van der Waals surface area (Å²) in [6, 6.07) is 30.0. The number of nitrogens with zero attached hydrogens (tertiary/aromatic N) is 3. The van der Waals surface area contributed by atoms with Crippen molar-refractivity contribution in [2.75, 3.05) is 0 Å². The first kappa shape index (κ1) is 26.8. The molecule has 3 heteroatoms. The molecule has 2 aromatic heterocycles. The number of fused-ring (bicyclic) bond motifs is 4. The van der Waals surface area contributed by atoms with Crippen molar-refractivity contribution in [1.82, 2.24) is 14.5 Å². The van der Waals surface area contributed by atoms with Crippen LogP contribution in [-0.2, 0) is 0 Å². The van der Waals surface area contributed by atoms with E-state index in [1.807, 2.05) is 36.5 Å². The van der Waals surface area contributed by atoms with Crippen molar-refractivity contribution in [3.63, 3.8) is 0 Å². The van der Waals surface area contributed by atoms with Gasteiger partial charge in [-0.25, -0.2) is 9.97 Å². The fourth-order valence-electron chi connectivity index (χ4n) is 6.79. The molecule has 45 heavy (non-hydrogen) atoms. The Bertz CT molecular complexity index is 2280. The van der Waals surface area contributed by atoms with Gasteiger partial charge in [0.25, 0.3) is 0 Å². The van der Waals surface area contributed by atoms with E-state index in [1.54, 1.807) is 0 Å². The monoisotopic (exact) mass is 577 g/mol. The first-order valence-corrected chi connectivity index (χ1v) is 15.3. The molecule has 0 aliphatic heterocycles. The van der Waals surface area contributed by atoms with E-state index < -0.39 is 0 Å². The Morgan fingerprint density at radius 3 is 2.16 bits per heavy atom. The fraction of sp³-hybridized carbons (Fsp3) is 0.0476. The van der Waals surface area contributed by atoms with Gasteiger partial charge in [-0.2, -0.15) is 0 Å². The minimum absolute atomic E-state index is 0.226. The molecule has 0 N–H and O–H groups in total. The van der Waals surface area contributed by atoms with Crippen molar-refractivity contribution >= 4 is 44.0 Å². The van der Waals surface area contributed by atoms with Gasteiger partial charge in [0.2, 0.25) is 0 Å². The molecule has 0 radical (unpaired) electrons. The lowest BCUT2D eigenvalue weighted by atomic mass is 9.85. The molecular formula is C42H31N3. The van der Waals surface area contributed by atoms with Gasteiger partial charge >= 0.3 is 0 Å². The van der Waals surface area contributed by atoms with Gasteiger partial charge in [-0.15, -0.1) is 0 Å². The second-order valence-corrected chi connectivity index (χ2v) is 11.5. The lowest BCUT2D eigenvalue weighted by Crippen LogP contribution is -1.98. The molecule has 0 fully saturated rings. The number of hydrogen-bond donors (Lipinski definition) is 0. The predicted molar refractivity (Wildman–Crippen MR) is 191 cm³/mol. The van der Waals surface area contributed by atoms with Gasteiger partial charge in [-0.05, 0) is 62.9 Å². The van der Waals surface area contributed by atoms with Crippen LogP contribution in [0.2, 0.25) is 0 Å². The van der Waals surface area contributed by atoms with E-state index in [1.165, 1.54) is 43.8 Å². The molecule has 2 aliphatic carbocycles. The van der Waals surface area contributed by atoms with Crippen molar-refractivity contribution in [2.45, 2.75) is 6.92 Å². The summed E-state index contributed by atoms with van der Waals surface area (Å²) >= 11 is 0. The molecule has 8 rings (SSSR count). The van der Waals surface area contributed by atoms with Crippen LogP contribution in [-0.4, -0.2) is 14.5 Å². The molecule has 214 valence electrons. The Kier molecular flexibility index (Phi) is 6.57. The quantitative estimate of drug-likeness (QED) is 0.151. The summed E-state index contributed by atoms with van der Waals surface area (Å²) in [7, 11) is 0. The van der Waals surface area contributed by atoms with E-state index in [9.17, 15) is 0 Å². The van der Waals surface area contributed by atoms with E-state index in [-0.39, 0.29) is 5.92 Å². The Morgan fingerprint density at radius 1 is 0.756 bits per heavy atom. The van der Waals surface area contributed by atoms with E-state index in [4.69, 9.17) is 9.97 Å². The van der Waals surface area contributed by atoms with E-state index in [2.05, 4.69) is 133 Å². The SMILES string of the molecule is C=C/C=C(\C)n1c(-c2ccccc2)nc2c(-c3c4ccccc4c(C4=CC5C=CC=CC(=C5)C=C4)c4ccccc34)ccnc21. The summed E-state index contributed by atoms with van der Waals surface area (Å²) in [6.07, 6.45) is 23.6. The van der Waals surface area contributed by atoms with Gasteiger partial charge in [0.1, 0.15) is 11.3 Å². The molecular weight excluding hydrogens is 546 g/mol. The van der Waals surface area contributed by atoms with Crippen molar-refractivity contribution in [3.05, 3.63) is 170 Å². The van der Waals surface area contributed by atoms with Crippen molar-refractivity contribution in [1.29, 1.82) is 0 Å². The average molecular weight is 578 g/mol. The molecule has 4 aromatic carbocycles. The zero-order valence-corrected chi connectivity index (χ0v) is 25.1. The van der Waals surface area contributed by atoms with Crippen LogP contribution >= 0.6 is 0 Å². The van der Waals surface area contributed by atoms with Crippen molar-refractivity contribution < 1.29 is 0 Å². The summed E-state index contributed by atoms with van der Waals surface area (Å²) in [5.74, 6) is 1.09. The van der Waals surface area contributed by atoms with Crippen LogP contribution in [0.3, 0.4) is 0 Å². The number of aromatic nitrogens is 3. The molecule has 0 saturated carbocycles. The maximum atomic E-state index is 5.33. The second kappa shape index (κ2) is 11.0. The molecule has 0 saturated heterocycles. The Morgan fingerprint density at radius 2 is 1.44 bits per heavy atom. The topological polar surface area (TPSA) is 30.7 Å². The van der Waals surface area contributed by atoms with Gasteiger partial charge in [0.05, 0.1) is 0 Å². The molecule has 2 aliphatic rings. The lowest BCUT2D eigenvalue weighted by molar-refractivity contribution is 1.07. The fourth-order valence-corrected chi connectivity index (χ4v) is 6.79. The van der Waals surface area contributed by atoms with Crippen LogP contribution in [0.25, 0.3) is 66.5 Å². The Balaban J connectivity index is 1.45. The maximum absolute atomic E-state index is 5.33. The van der Waals surface area contributed by atoms with Crippen LogP contribution in [0.1, 0.15) is 12.5 Å². The smallest absolute Gasteiger partial charge is 0.165 e. The summed E-state index contributed by atoms with van der Waals surface area (Å²) in [5.41, 5.74) is 9.69.